The van der Waals surface area contributed by atoms with Crippen molar-refractivity contribution in [2.75, 3.05) is 7.05 Å². The summed E-state index contributed by atoms with van der Waals surface area (Å²) in [5.41, 5.74) is 7.56. The molecule has 5 heteroatoms. The second-order valence-corrected chi connectivity index (χ2v) is 7.36. The highest BCUT2D eigenvalue weighted by atomic mass is 32.1. The van der Waals surface area contributed by atoms with Crippen LogP contribution in [-0.2, 0) is 11.2 Å². The molecule has 1 amide bonds. The molecule has 0 saturated heterocycles. The molecule has 1 N–H and O–H groups in total. The third kappa shape index (κ3) is 2.84. The Morgan fingerprint density at radius 1 is 1.29 bits per heavy atom. The molecule has 0 radical (unpaired) electrons. The van der Waals surface area contributed by atoms with Gasteiger partial charge in [0.2, 0.25) is 5.91 Å². The van der Waals surface area contributed by atoms with Gasteiger partial charge in [-0.2, -0.15) is 0 Å². The summed E-state index contributed by atoms with van der Waals surface area (Å²) in [6, 6.07) is 4.29. The van der Waals surface area contributed by atoms with E-state index in [9.17, 15) is 4.79 Å². The predicted octanol–water partition coefficient (Wildman–Crippen LogP) is 4.31. The quantitative estimate of drug-likeness (QED) is 0.768. The summed E-state index contributed by atoms with van der Waals surface area (Å²) >= 11 is 1.58. The minimum atomic E-state index is 0.0401. The van der Waals surface area contributed by atoms with E-state index in [2.05, 4.69) is 35.9 Å². The zero-order valence-electron chi connectivity index (χ0n) is 14.8. The molecule has 1 unspecified atom stereocenters. The van der Waals surface area contributed by atoms with Crippen LogP contribution in [0, 0.1) is 20.8 Å². The Labute approximate surface area is 146 Å². The molecule has 0 saturated carbocycles. The Hall–Kier alpha value is -2.14. The van der Waals surface area contributed by atoms with Gasteiger partial charge in [0.15, 0.2) is 0 Å². The Kier molecular flexibility index (Phi) is 4.45. The molecule has 0 aliphatic heterocycles. The van der Waals surface area contributed by atoms with Gasteiger partial charge in [-0.3, -0.25) is 9.78 Å². The lowest BCUT2D eigenvalue weighted by atomic mass is 10.0. The van der Waals surface area contributed by atoms with Gasteiger partial charge in [0.05, 0.1) is 18.0 Å². The maximum Gasteiger partial charge on any atom is 0.227 e. The van der Waals surface area contributed by atoms with Gasteiger partial charge in [-0.15, -0.1) is 11.3 Å². The second-order valence-electron chi connectivity index (χ2n) is 6.44. The SMILES string of the molecule is Cc1[nH]c2c(C)ccc(C)c2c1CC(=O)N(C)C(C)c1cncs1. The van der Waals surface area contributed by atoms with Crippen molar-refractivity contribution < 1.29 is 4.79 Å². The first kappa shape index (κ1) is 16.7. The molecule has 1 atom stereocenters. The van der Waals surface area contributed by atoms with E-state index < -0.39 is 0 Å². The lowest BCUT2D eigenvalue weighted by Crippen LogP contribution is -2.30. The average molecular weight is 341 g/mol. The normalized spacial score (nSPS) is 12.5. The molecule has 0 fully saturated rings. The Morgan fingerprint density at radius 2 is 2.00 bits per heavy atom. The zero-order chi connectivity index (χ0) is 17.4. The Balaban J connectivity index is 1.91. The lowest BCUT2D eigenvalue weighted by Gasteiger charge is -2.24. The van der Waals surface area contributed by atoms with Crippen molar-refractivity contribution in [1.29, 1.82) is 0 Å². The molecule has 24 heavy (non-hydrogen) atoms. The number of aromatic amines is 1. The molecular weight excluding hydrogens is 318 g/mol. The number of carbonyl (C=O) groups is 1. The average Bonchev–Trinajstić information content (AvgIpc) is 3.19. The Bertz CT molecular complexity index is 880. The number of aromatic nitrogens is 2. The predicted molar refractivity (Wildman–Crippen MR) is 99.5 cm³/mol. The van der Waals surface area contributed by atoms with Crippen LogP contribution in [-0.4, -0.2) is 27.8 Å². The summed E-state index contributed by atoms with van der Waals surface area (Å²) in [5, 5.41) is 1.19. The van der Waals surface area contributed by atoms with E-state index in [4.69, 9.17) is 0 Å². The number of fused-ring (bicyclic) bond motifs is 1. The molecule has 3 rings (SSSR count). The molecule has 0 spiro atoms. The van der Waals surface area contributed by atoms with Crippen molar-refractivity contribution in [2.45, 2.75) is 40.2 Å². The number of thiazole rings is 1. The molecule has 4 nitrogen and oxygen atoms in total. The number of hydrogen-bond donors (Lipinski definition) is 1. The topological polar surface area (TPSA) is 49.0 Å². The molecular formula is C19H23N3OS. The largest absolute Gasteiger partial charge is 0.358 e. The van der Waals surface area contributed by atoms with Gasteiger partial charge in [-0.1, -0.05) is 12.1 Å². The first-order valence-corrected chi connectivity index (χ1v) is 8.99. The molecule has 126 valence electrons. The van der Waals surface area contributed by atoms with Crippen molar-refractivity contribution in [3.05, 3.63) is 51.1 Å². The number of likely N-dealkylation sites (N-methyl/N-ethyl adjacent to an activating group) is 1. The number of H-pyrrole nitrogens is 1. The summed E-state index contributed by atoms with van der Waals surface area (Å²) in [7, 11) is 1.87. The van der Waals surface area contributed by atoms with Crippen LogP contribution in [0.1, 0.15) is 40.2 Å². The van der Waals surface area contributed by atoms with Crippen LogP contribution in [0.15, 0.2) is 23.8 Å². The summed E-state index contributed by atoms with van der Waals surface area (Å²) in [4.78, 5) is 23.3. The van der Waals surface area contributed by atoms with Gasteiger partial charge in [0, 0.05) is 34.7 Å². The first-order chi connectivity index (χ1) is 11.4. The Morgan fingerprint density at radius 3 is 2.67 bits per heavy atom. The highest BCUT2D eigenvalue weighted by Crippen LogP contribution is 2.29. The van der Waals surface area contributed by atoms with E-state index >= 15 is 0 Å². The molecule has 1 aromatic carbocycles. The van der Waals surface area contributed by atoms with Crippen LogP contribution in [0.5, 0.6) is 0 Å². The number of rotatable bonds is 4. The molecule has 0 aliphatic carbocycles. The van der Waals surface area contributed by atoms with Crippen LogP contribution in [0.3, 0.4) is 0 Å². The number of nitrogens with zero attached hydrogens (tertiary/aromatic N) is 2. The molecule has 2 aromatic heterocycles. The lowest BCUT2D eigenvalue weighted by molar-refractivity contribution is -0.131. The molecule has 2 heterocycles. The second kappa shape index (κ2) is 6.40. The standard InChI is InChI=1S/C19H23N3OS/c1-11-6-7-12(2)19-18(11)15(13(3)21-19)8-17(23)22(5)14(4)16-9-20-10-24-16/h6-7,9-10,14,21H,8H2,1-5H3. The highest BCUT2D eigenvalue weighted by Gasteiger charge is 2.22. The molecule has 0 bridgehead atoms. The minimum Gasteiger partial charge on any atom is -0.358 e. The molecule has 3 aromatic rings. The van der Waals surface area contributed by atoms with Crippen molar-refractivity contribution in [3.63, 3.8) is 0 Å². The van der Waals surface area contributed by atoms with Crippen molar-refractivity contribution >= 4 is 28.1 Å². The maximum absolute atomic E-state index is 12.8. The van der Waals surface area contributed by atoms with Gasteiger partial charge in [-0.25, -0.2) is 0 Å². The van der Waals surface area contributed by atoms with E-state index in [1.807, 2.05) is 32.0 Å². The van der Waals surface area contributed by atoms with E-state index in [1.165, 1.54) is 16.5 Å². The summed E-state index contributed by atoms with van der Waals surface area (Å²) in [6.45, 7) is 8.30. The maximum atomic E-state index is 12.8. The number of aryl methyl sites for hydroxylation is 3. The number of amides is 1. The number of nitrogens with one attached hydrogen (secondary N) is 1. The number of benzene rings is 1. The van der Waals surface area contributed by atoms with E-state index in [1.54, 1.807) is 16.8 Å². The van der Waals surface area contributed by atoms with Crippen molar-refractivity contribution in [3.8, 4) is 0 Å². The van der Waals surface area contributed by atoms with E-state index in [0.717, 1.165) is 21.7 Å². The summed E-state index contributed by atoms with van der Waals surface area (Å²) in [6.07, 6.45) is 2.25. The number of carbonyl (C=O) groups excluding carboxylic acids is 1. The summed E-state index contributed by atoms with van der Waals surface area (Å²) < 4.78 is 0. The molecule has 0 aliphatic rings. The van der Waals surface area contributed by atoms with E-state index in [0.29, 0.717) is 6.42 Å². The van der Waals surface area contributed by atoms with Gasteiger partial charge in [0.25, 0.3) is 0 Å². The van der Waals surface area contributed by atoms with Crippen LogP contribution < -0.4 is 0 Å². The minimum absolute atomic E-state index is 0.0401. The monoisotopic (exact) mass is 341 g/mol. The fourth-order valence-corrected chi connectivity index (χ4v) is 3.87. The highest BCUT2D eigenvalue weighted by molar-refractivity contribution is 7.09. The van der Waals surface area contributed by atoms with Crippen LogP contribution in [0.25, 0.3) is 10.9 Å². The van der Waals surface area contributed by atoms with Gasteiger partial charge in [0.1, 0.15) is 0 Å². The van der Waals surface area contributed by atoms with Crippen LogP contribution >= 0.6 is 11.3 Å². The smallest absolute Gasteiger partial charge is 0.227 e. The van der Waals surface area contributed by atoms with Gasteiger partial charge in [-0.05, 0) is 44.4 Å². The fourth-order valence-electron chi connectivity index (χ4n) is 3.15. The van der Waals surface area contributed by atoms with Gasteiger partial charge >= 0.3 is 0 Å². The number of hydrogen-bond acceptors (Lipinski definition) is 3. The summed E-state index contributed by atoms with van der Waals surface area (Å²) in [5.74, 6) is 0.126. The van der Waals surface area contributed by atoms with Crippen LogP contribution in [0.4, 0.5) is 0 Å². The third-order valence-electron chi connectivity index (χ3n) is 4.85. The first-order valence-electron chi connectivity index (χ1n) is 8.11. The fraction of sp³-hybridized carbons (Fsp3) is 0.368. The third-order valence-corrected chi connectivity index (χ3v) is 5.80. The van der Waals surface area contributed by atoms with Crippen LogP contribution in [0.2, 0.25) is 0 Å². The van der Waals surface area contributed by atoms with Crippen molar-refractivity contribution in [2.24, 2.45) is 0 Å². The van der Waals surface area contributed by atoms with E-state index in [-0.39, 0.29) is 11.9 Å². The van der Waals surface area contributed by atoms with Crippen molar-refractivity contribution in [1.82, 2.24) is 14.9 Å². The zero-order valence-corrected chi connectivity index (χ0v) is 15.6. The van der Waals surface area contributed by atoms with Gasteiger partial charge < -0.3 is 9.88 Å².